The molecule has 144 valence electrons. The van der Waals surface area contributed by atoms with Gasteiger partial charge in [0.25, 0.3) is 0 Å². The SMILES string of the molecule is CCCC(CCC)[C@H](CC)OC(=O)OC1c2ccccc2-c2ccccc21. The van der Waals surface area contributed by atoms with Gasteiger partial charge in [-0.15, -0.1) is 0 Å². The Hall–Kier alpha value is -2.29. The molecule has 0 amide bonds. The Bertz CT molecular complexity index is 716. The van der Waals surface area contributed by atoms with Crippen molar-refractivity contribution in [3.8, 4) is 11.1 Å². The average molecular weight is 367 g/mol. The van der Waals surface area contributed by atoms with Gasteiger partial charge in [-0.2, -0.15) is 0 Å². The molecular formula is C24H30O3. The minimum Gasteiger partial charge on any atom is -0.431 e. The Morgan fingerprint density at radius 1 is 0.889 bits per heavy atom. The van der Waals surface area contributed by atoms with Gasteiger partial charge in [0.2, 0.25) is 0 Å². The Balaban J connectivity index is 1.75. The predicted octanol–water partition coefficient (Wildman–Crippen LogP) is 6.90. The second-order valence-electron chi connectivity index (χ2n) is 7.32. The van der Waals surface area contributed by atoms with Crippen LogP contribution in [0.1, 0.15) is 70.1 Å². The summed E-state index contributed by atoms with van der Waals surface area (Å²) in [5, 5.41) is 0. The summed E-state index contributed by atoms with van der Waals surface area (Å²) in [4.78, 5) is 12.7. The van der Waals surface area contributed by atoms with Crippen LogP contribution in [0.4, 0.5) is 4.79 Å². The third-order valence-electron chi connectivity index (χ3n) is 5.49. The summed E-state index contributed by atoms with van der Waals surface area (Å²) >= 11 is 0. The molecule has 0 N–H and O–H groups in total. The minimum absolute atomic E-state index is 0.0794. The van der Waals surface area contributed by atoms with E-state index in [1.807, 2.05) is 36.4 Å². The van der Waals surface area contributed by atoms with E-state index in [4.69, 9.17) is 9.47 Å². The van der Waals surface area contributed by atoms with Crippen molar-refractivity contribution in [3.05, 3.63) is 59.7 Å². The molecule has 0 bridgehead atoms. The van der Waals surface area contributed by atoms with E-state index in [1.165, 1.54) is 0 Å². The Morgan fingerprint density at radius 2 is 1.41 bits per heavy atom. The summed E-state index contributed by atoms with van der Waals surface area (Å²) in [6.45, 7) is 6.44. The zero-order valence-electron chi connectivity index (χ0n) is 16.6. The maximum Gasteiger partial charge on any atom is 0.509 e. The summed E-state index contributed by atoms with van der Waals surface area (Å²) in [6, 6.07) is 16.2. The van der Waals surface area contributed by atoms with Gasteiger partial charge in [0.15, 0.2) is 6.10 Å². The Labute approximate surface area is 162 Å². The van der Waals surface area contributed by atoms with Gasteiger partial charge in [0, 0.05) is 11.1 Å². The second-order valence-corrected chi connectivity index (χ2v) is 7.32. The summed E-state index contributed by atoms with van der Waals surface area (Å²) in [5.74, 6) is 0.403. The van der Waals surface area contributed by atoms with Crippen LogP contribution in [0.2, 0.25) is 0 Å². The van der Waals surface area contributed by atoms with E-state index in [1.54, 1.807) is 0 Å². The molecule has 2 aromatic carbocycles. The van der Waals surface area contributed by atoms with Crippen molar-refractivity contribution in [1.29, 1.82) is 0 Å². The molecule has 1 aliphatic carbocycles. The molecular weight excluding hydrogens is 336 g/mol. The molecule has 3 nitrogen and oxygen atoms in total. The second kappa shape index (κ2) is 9.07. The number of carbonyl (C=O) groups excluding carboxylic acids is 1. The third-order valence-corrected chi connectivity index (χ3v) is 5.49. The predicted molar refractivity (Wildman–Crippen MR) is 109 cm³/mol. The number of fused-ring (bicyclic) bond motifs is 3. The van der Waals surface area contributed by atoms with Gasteiger partial charge < -0.3 is 9.47 Å². The van der Waals surface area contributed by atoms with Crippen LogP contribution in [0.15, 0.2) is 48.5 Å². The van der Waals surface area contributed by atoms with Crippen LogP contribution in [0.5, 0.6) is 0 Å². The highest BCUT2D eigenvalue weighted by atomic mass is 16.7. The molecule has 0 radical (unpaired) electrons. The maximum atomic E-state index is 12.7. The smallest absolute Gasteiger partial charge is 0.431 e. The number of rotatable bonds is 8. The molecule has 3 rings (SSSR count). The lowest BCUT2D eigenvalue weighted by Gasteiger charge is -2.26. The first-order chi connectivity index (χ1) is 13.2. The molecule has 3 heteroatoms. The molecule has 0 saturated heterocycles. The fourth-order valence-electron chi connectivity index (χ4n) is 4.25. The van der Waals surface area contributed by atoms with Crippen LogP contribution in [0, 0.1) is 5.92 Å². The van der Waals surface area contributed by atoms with Gasteiger partial charge in [-0.3, -0.25) is 0 Å². The number of hydrogen-bond acceptors (Lipinski definition) is 3. The largest absolute Gasteiger partial charge is 0.509 e. The van der Waals surface area contributed by atoms with Crippen molar-refractivity contribution < 1.29 is 14.3 Å². The lowest BCUT2D eigenvalue weighted by Crippen LogP contribution is -2.27. The summed E-state index contributed by atoms with van der Waals surface area (Å²) in [7, 11) is 0. The van der Waals surface area contributed by atoms with Crippen molar-refractivity contribution in [2.75, 3.05) is 0 Å². The van der Waals surface area contributed by atoms with Crippen molar-refractivity contribution in [1.82, 2.24) is 0 Å². The molecule has 0 aliphatic heterocycles. The van der Waals surface area contributed by atoms with Gasteiger partial charge in [-0.1, -0.05) is 82.1 Å². The number of ether oxygens (including phenoxy) is 2. The van der Waals surface area contributed by atoms with Crippen molar-refractivity contribution >= 4 is 6.16 Å². The first kappa shape index (κ1) is 19.5. The summed E-state index contributed by atoms with van der Waals surface area (Å²) in [6.07, 6.45) is 4.14. The van der Waals surface area contributed by atoms with Gasteiger partial charge >= 0.3 is 6.16 Å². The fourth-order valence-corrected chi connectivity index (χ4v) is 4.25. The van der Waals surface area contributed by atoms with Crippen molar-refractivity contribution in [2.24, 2.45) is 5.92 Å². The van der Waals surface area contributed by atoms with E-state index < -0.39 is 12.3 Å². The molecule has 27 heavy (non-hydrogen) atoms. The van der Waals surface area contributed by atoms with E-state index in [0.29, 0.717) is 5.92 Å². The van der Waals surface area contributed by atoms with E-state index in [-0.39, 0.29) is 6.10 Å². The highest BCUT2D eigenvalue weighted by molar-refractivity contribution is 5.79. The number of hydrogen-bond donors (Lipinski definition) is 0. The van der Waals surface area contributed by atoms with E-state index in [9.17, 15) is 4.79 Å². The van der Waals surface area contributed by atoms with Crippen LogP contribution >= 0.6 is 0 Å². The highest BCUT2D eigenvalue weighted by Crippen LogP contribution is 2.45. The third kappa shape index (κ3) is 4.18. The van der Waals surface area contributed by atoms with Crippen LogP contribution in [-0.4, -0.2) is 12.3 Å². The van der Waals surface area contributed by atoms with Crippen molar-refractivity contribution in [2.45, 2.75) is 65.1 Å². The van der Waals surface area contributed by atoms with Crippen LogP contribution in [0.3, 0.4) is 0 Å². The zero-order valence-corrected chi connectivity index (χ0v) is 16.6. The van der Waals surface area contributed by atoms with E-state index in [0.717, 1.165) is 54.4 Å². The van der Waals surface area contributed by atoms with Crippen LogP contribution in [-0.2, 0) is 9.47 Å². The molecule has 1 aliphatic rings. The number of carbonyl (C=O) groups is 1. The zero-order chi connectivity index (χ0) is 19.2. The van der Waals surface area contributed by atoms with Crippen LogP contribution < -0.4 is 0 Å². The standard InChI is InChI=1S/C24H30O3/c1-4-11-17(12-5-2)22(6-3)26-24(25)27-23-20-15-9-7-13-18(20)19-14-8-10-16-21(19)23/h7-10,13-17,22-23H,4-6,11-12H2,1-3H3/t22-/m0/s1. The minimum atomic E-state index is -0.560. The molecule has 0 saturated carbocycles. The van der Waals surface area contributed by atoms with E-state index >= 15 is 0 Å². The van der Waals surface area contributed by atoms with Gasteiger partial charge in [-0.25, -0.2) is 4.79 Å². The lowest BCUT2D eigenvalue weighted by atomic mass is 9.91. The van der Waals surface area contributed by atoms with Gasteiger partial charge in [0.05, 0.1) is 0 Å². The average Bonchev–Trinajstić information content (AvgIpc) is 3.00. The Morgan fingerprint density at radius 3 is 1.89 bits per heavy atom. The van der Waals surface area contributed by atoms with Gasteiger partial charge in [-0.05, 0) is 36.3 Å². The lowest BCUT2D eigenvalue weighted by molar-refractivity contribution is -0.0149. The molecule has 1 atom stereocenters. The monoisotopic (exact) mass is 366 g/mol. The van der Waals surface area contributed by atoms with Crippen molar-refractivity contribution in [3.63, 3.8) is 0 Å². The molecule has 0 spiro atoms. The van der Waals surface area contributed by atoms with Crippen LogP contribution in [0.25, 0.3) is 11.1 Å². The van der Waals surface area contributed by atoms with Gasteiger partial charge in [0.1, 0.15) is 6.10 Å². The Kier molecular flexibility index (Phi) is 6.54. The first-order valence-corrected chi connectivity index (χ1v) is 10.2. The highest BCUT2D eigenvalue weighted by Gasteiger charge is 2.32. The number of benzene rings is 2. The molecule has 0 unspecified atom stereocenters. The van der Waals surface area contributed by atoms with E-state index in [2.05, 4.69) is 32.9 Å². The molecule has 0 aromatic heterocycles. The first-order valence-electron chi connectivity index (χ1n) is 10.2. The molecule has 2 aromatic rings. The quantitative estimate of drug-likeness (QED) is 0.476. The summed E-state index contributed by atoms with van der Waals surface area (Å²) in [5.41, 5.74) is 4.32. The topological polar surface area (TPSA) is 35.5 Å². The molecule has 0 fully saturated rings. The fraction of sp³-hybridized carbons (Fsp3) is 0.458. The summed E-state index contributed by atoms with van der Waals surface area (Å²) < 4.78 is 11.6. The molecule has 0 heterocycles. The normalized spacial score (nSPS) is 13.9. The maximum absolute atomic E-state index is 12.7.